The fourth-order valence-electron chi connectivity index (χ4n) is 2.98. The van der Waals surface area contributed by atoms with E-state index >= 15 is 0 Å². The van der Waals surface area contributed by atoms with Crippen LogP contribution in [0.2, 0.25) is 0 Å². The largest absolute Gasteiger partial charge is 0.493 e. The second-order valence-electron chi connectivity index (χ2n) is 6.97. The van der Waals surface area contributed by atoms with Gasteiger partial charge in [-0.1, -0.05) is 11.3 Å². The number of halogens is 2. The average Bonchev–Trinajstić information content (AvgIpc) is 3.16. The van der Waals surface area contributed by atoms with E-state index < -0.39 is 28.2 Å². The maximum absolute atomic E-state index is 14.2. The van der Waals surface area contributed by atoms with Crippen LogP contribution in [0, 0.1) is 21.7 Å². The maximum Gasteiger partial charge on any atom is 0.286 e. The number of methoxy groups -OCH3 is 2. The standard InChI is InChI=1S/C20H20F2N4O5S/c1-24(2)5-6-25(20-23-18-13(22)7-11(21)8-17(18)32-20)19(27)12-9-15(30-3)16(31-4)10-14(12)26(28)29/h7-10H,5-6H2,1-4H3. The molecule has 0 spiro atoms. The number of anilines is 1. The Hall–Kier alpha value is -3.38. The third-order valence-corrected chi connectivity index (χ3v) is 5.60. The van der Waals surface area contributed by atoms with Gasteiger partial charge in [0.2, 0.25) is 0 Å². The lowest BCUT2D eigenvalue weighted by Crippen LogP contribution is -2.37. The van der Waals surface area contributed by atoms with E-state index in [-0.39, 0.29) is 39.0 Å². The molecule has 32 heavy (non-hydrogen) atoms. The Balaban J connectivity index is 2.15. The number of nitro groups is 1. The second kappa shape index (κ2) is 9.40. The summed E-state index contributed by atoms with van der Waals surface area (Å²) in [5.74, 6) is -2.15. The summed E-state index contributed by atoms with van der Waals surface area (Å²) in [6.45, 7) is 0.487. The van der Waals surface area contributed by atoms with Crippen LogP contribution in [0.1, 0.15) is 10.4 Å². The minimum atomic E-state index is -0.861. The monoisotopic (exact) mass is 466 g/mol. The van der Waals surface area contributed by atoms with Crippen LogP contribution in [-0.2, 0) is 0 Å². The van der Waals surface area contributed by atoms with Gasteiger partial charge in [0.05, 0.1) is 29.9 Å². The average molecular weight is 466 g/mol. The predicted octanol–water partition coefficient (Wildman–Crippen LogP) is 3.71. The number of hydrogen-bond donors (Lipinski definition) is 0. The van der Waals surface area contributed by atoms with Crippen LogP contribution in [0.25, 0.3) is 10.2 Å². The Morgan fingerprint density at radius 1 is 1.12 bits per heavy atom. The molecule has 1 heterocycles. The molecule has 0 saturated carbocycles. The lowest BCUT2D eigenvalue weighted by Gasteiger charge is -2.22. The zero-order chi connectivity index (χ0) is 23.6. The third kappa shape index (κ3) is 4.60. The van der Waals surface area contributed by atoms with Crippen molar-refractivity contribution in [2.45, 2.75) is 0 Å². The van der Waals surface area contributed by atoms with Gasteiger partial charge in [-0.25, -0.2) is 13.8 Å². The molecule has 2 aromatic carbocycles. The fraction of sp³-hybridized carbons (Fsp3) is 0.300. The number of aromatic nitrogens is 1. The van der Waals surface area contributed by atoms with Crippen molar-refractivity contribution in [1.29, 1.82) is 0 Å². The van der Waals surface area contributed by atoms with Crippen molar-refractivity contribution in [2.75, 3.05) is 46.3 Å². The van der Waals surface area contributed by atoms with Gasteiger partial charge in [-0.3, -0.25) is 19.8 Å². The van der Waals surface area contributed by atoms with Crippen LogP contribution in [0.5, 0.6) is 11.5 Å². The number of thiazole rings is 1. The Labute approximate surface area is 185 Å². The van der Waals surface area contributed by atoms with E-state index in [0.717, 1.165) is 23.5 Å². The van der Waals surface area contributed by atoms with Gasteiger partial charge >= 0.3 is 0 Å². The summed E-state index contributed by atoms with van der Waals surface area (Å²) < 4.78 is 38.3. The highest BCUT2D eigenvalue weighted by Crippen LogP contribution is 2.37. The molecule has 0 aliphatic carbocycles. The van der Waals surface area contributed by atoms with Crippen molar-refractivity contribution in [3.05, 3.63) is 51.6 Å². The van der Waals surface area contributed by atoms with E-state index in [4.69, 9.17) is 9.47 Å². The minimum Gasteiger partial charge on any atom is -0.493 e. The van der Waals surface area contributed by atoms with Gasteiger partial charge in [0, 0.05) is 25.2 Å². The number of nitro benzene ring substituents is 1. The molecule has 0 bridgehead atoms. The van der Waals surface area contributed by atoms with Gasteiger partial charge in [0.15, 0.2) is 22.4 Å². The lowest BCUT2D eigenvalue weighted by molar-refractivity contribution is -0.385. The quantitative estimate of drug-likeness (QED) is 0.369. The predicted molar refractivity (Wildman–Crippen MR) is 116 cm³/mol. The van der Waals surface area contributed by atoms with Crippen LogP contribution in [0.3, 0.4) is 0 Å². The third-order valence-electron chi connectivity index (χ3n) is 4.58. The SMILES string of the molecule is COc1cc(C(=O)N(CCN(C)C)c2nc3c(F)cc(F)cc3s2)c([N+](=O)[O-])cc1OC. The van der Waals surface area contributed by atoms with Crippen molar-refractivity contribution < 1.29 is 28.0 Å². The first kappa shape index (κ1) is 23.3. The molecular weight excluding hydrogens is 446 g/mol. The zero-order valence-corrected chi connectivity index (χ0v) is 18.5. The van der Waals surface area contributed by atoms with E-state index in [1.54, 1.807) is 19.0 Å². The molecule has 0 fully saturated rings. The van der Waals surface area contributed by atoms with E-state index in [1.807, 2.05) is 0 Å². The lowest BCUT2D eigenvalue weighted by atomic mass is 10.1. The molecule has 9 nitrogen and oxygen atoms in total. The fourth-order valence-corrected chi connectivity index (χ4v) is 4.01. The number of likely N-dealkylation sites (N-methyl/N-ethyl adjacent to an activating group) is 1. The first-order chi connectivity index (χ1) is 15.2. The van der Waals surface area contributed by atoms with Crippen LogP contribution in [-0.4, -0.2) is 62.1 Å². The van der Waals surface area contributed by atoms with Gasteiger partial charge in [0.1, 0.15) is 16.9 Å². The number of hydrogen-bond acceptors (Lipinski definition) is 8. The van der Waals surface area contributed by atoms with Crippen molar-refractivity contribution in [3.8, 4) is 11.5 Å². The van der Waals surface area contributed by atoms with Gasteiger partial charge in [0.25, 0.3) is 11.6 Å². The summed E-state index contributed by atoms with van der Waals surface area (Å²) >= 11 is 0.910. The molecule has 3 rings (SSSR count). The molecule has 0 atom stereocenters. The number of ether oxygens (including phenoxy) is 2. The molecule has 1 aromatic heterocycles. The number of carbonyl (C=O) groups excluding carboxylic acids is 1. The Kier molecular flexibility index (Phi) is 6.84. The summed E-state index contributed by atoms with van der Waals surface area (Å²) in [5, 5.41) is 11.8. The molecule has 0 N–H and O–H groups in total. The van der Waals surface area contributed by atoms with E-state index in [9.17, 15) is 23.7 Å². The highest BCUT2D eigenvalue weighted by atomic mass is 32.1. The van der Waals surface area contributed by atoms with Gasteiger partial charge in [-0.2, -0.15) is 0 Å². The summed E-state index contributed by atoms with van der Waals surface area (Å²) in [6, 6.07) is 4.14. The number of amides is 1. The Bertz CT molecular complexity index is 1180. The Morgan fingerprint density at radius 3 is 2.38 bits per heavy atom. The smallest absolute Gasteiger partial charge is 0.286 e. The van der Waals surface area contributed by atoms with Crippen molar-refractivity contribution in [2.24, 2.45) is 0 Å². The first-order valence-corrected chi connectivity index (χ1v) is 10.1. The summed E-state index contributed by atoms with van der Waals surface area (Å²) in [6.07, 6.45) is 0. The molecule has 170 valence electrons. The number of carbonyl (C=O) groups is 1. The van der Waals surface area contributed by atoms with Gasteiger partial charge in [-0.15, -0.1) is 0 Å². The molecule has 0 unspecified atom stereocenters. The molecule has 0 saturated heterocycles. The number of fused-ring (bicyclic) bond motifs is 1. The van der Waals surface area contributed by atoms with Crippen LogP contribution < -0.4 is 14.4 Å². The topological polar surface area (TPSA) is 98.0 Å². The number of benzene rings is 2. The molecule has 3 aromatic rings. The van der Waals surface area contributed by atoms with Crippen molar-refractivity contribution in [3.63, 3.8) is 0 Å². The highest BCUT2D eigenvalue weighted by molar-refractivity contribution is 7.22. The van der Waals surface area contributed by atoms with E-state index in [0.29, 0.717) is 12.6 Å². The molecule has 0 aliphatic rings. The van der Waals surface area contributed by atoms with Crippen LogP contribution in [0.15, 0.2) is 24.3 Å². The van der Waals surface area contributed by atoms with Gasteiger partial charge in [-0.05, 0) is 20.2 Å². The number of nitrogens with zero attached hydrogens (tertiary/aromatic N) is 4. The van der Waals surface area contributed by atoms with Crippen molar-refractivity contribution in [1.82, 2.24) is 9.88 Å². The van der Waals surface area contributed by atoms with Crippen molar-refractivity contribution >= 4 is 38.3 Å². The molecule has 0 radical (unpaired) electrons. The van der Waals surface area contributed by atoms with E-state index in [1.165, 1.54) is 25.2 Å². The normalized spacial score (nSPS) is 11.1. The maximum atomic E-state index is 14.2. The molecule has 1 amide bonds. The highest BCUT2D eigenvalue weighted by Gasteiger charge is 2.30. The molecule has 12 heteroatoms. The van der Waals surface area contributed by atoms with Gasteiger partial charge < -0.3 is 14.4 Å². The molecule has 0 aliphatic heterocycles. The van der Waals surface area contributed by atoms with Crippen LogP contribution in [0.4, 0.5) is 19.6 Å². The summed E-state index contributed by atoms with van der Waals surface area (Å²) in [7, 11) is 6.23. The summed E-state index contributed by atoms with van der Waals surface area (Å²) in [5.41, 5.74) is -0.825. The second-order valence-corrected chi connectivity index (χ2v) is 7.98. The first-order valence-electron chi connectivity index (χ1n) is 9.28. The summed E-state index contributed by atoms with van der Waals surface area (Å²) in [4.78, 5) is 31.6. The van der Waals surface area contributed by atoms with E-state index in [2.05, 4.69) is 4.98 Å². The number of rotatable bonds is 8. The Morgan fingerprint density at radius 2 is 1.78 bits per heavy atom. The molecular formula is C20H20F2N4O5S. The zero-order valence-electron chi connectivity index (χ0n) is 17.7. The minimum absolute atomic E-state index is 0.0837. The van der Waals surface area contributed by atoms with Crippen LogP contribution >= 0.6 is 11.3 Å².